The zero-order valence-electron chi connectivity index (χ0n) is 20.3. The Bertz CT molecular complexity index is 1080. The number of aromatic nitrogens is 2. The van der Waals surface area contributed by atoms with Crippen LogP contribution in [-0.2, 0) is 11.2 Å². The summed E-state index contributed by atoms with van der Waals surface area (Å²) >= 11 is 0. The number of fused-ring (bicyclic) bond motifs is 1. The van der Waals surface area contributed by atoms with E-state index in [1.807, 2.05) is 6.92 Å². The highest BCUT2D eigenvalue weighted by Gasteiger charge is 2.41. The number of methoxy groups -OCH3 is 2. The second kappa shape index (κ2) is 9.12. The van der Waals surface area contributed by atoms with Gasteiger partial charge in [-0.3, -0.25) is 4.48 Å². The van der Waals surface area contributed by atoms with Crippen molar-refractivity contribution < 1.29 is 14.2 Å². The van der Waals surface area contributed by atoms with Crippen LogP contribution in [0.4, 0.5) is 5.69 Å². The van der Waals surface area contributed by atoms with Crippen molar-refractivity contribution in [1.82, 2.24) is 14.1 Å². The van der Waals surface area contributed by atoms with E-state index in [-0.39, 0.29) is 0 Å². The number of quaternary nitrogens is 1. The Morgan fingerprint density at radius 2 is 1.88 bits per heavy atom. The van der Waals surface area contributed by atoms with Gasteiger partial charge in [-0.05, 0) is 49.6 Å². The summed E-state index contributed by atoms with van der Waals surface area (Å²) in [6, 6.07) is 11.0. The molecule has 6 nitrogen and oxygen atoms in total. The van der Waals surface area contributed by atoms with Crippen molar-refractivity contribution in [2.24, 2.45) is 0 Å². The predicted molar refractivity (Wildman–Crippen MR) is 130 cm³/mol. The number of aryl methyl sites for hydroxylation is 2. The summed E-state index contributed by atoms with van der Waals surface area (Å²) in [5.41, 5.74) is 6.60. The Hall–Kier alpha value is -2.57. The zero-order chi connectivity index (χ0) is 22.9. The summed E-state index contributed by atoms with van der Waals surface area (Å²) < 4.78 is 20.3. The molecule has 32 heavy (non-hydrogen) atoms. The molecule has 1 fully saturated rings. The summed E-state index contributed by atoms with van der Waals surface area (Å²) in [7, 11) is 5.77. The Morgan fingerprint density at radius 3 is 2.44 bits per heavy atom. The fourth-order valence-electron chi connectivity index (χ4n) is 5.30. The van der Waals surface area contributed by atoms with Gasteiger partial charge in [0.25, 0.3) is 0 Å². The molecule has 0 radical (unpaired) electrons. The molecular weight excluding hydrogens is 402 g/mol. The fourth-order valence-corrected chi connectivity index (χ4v) is 5.30. The van der Waals surface area contributed by atoms with Gasteiger partial charge in [-0.1, -0.05) is 19.9 Å². The summed E-state index contributed by atoms with van der Waals surface area (Å²) in [5, 5.41) is 5.15. The average Bonchev–Trinajstić information content (AvgIpc) is 3.47. The van der Waals surface area contributed by atoms with Crippen LogP contribution in [0.5, 0.6) is 11.5 Å². The van der Waals surface area contributed by atoms with Crippen LogP contribution in [0.3, 0.4) is 0 Å². The van der Waals surface area contributed by atoms with Gasteiger partial charge in [0.05, 0.1) is 52.3 Å². The molecule has 3 aromatic rings. The SMILES string of the molecule is CCC[N+](C)(c1c(CC)nn2c(-c3c(OC)cc(C)cc3OC)cccc12)C1CCOC1. The van der Waals surface area contributed by atoms with E-state index in [1.54, 1.807) is 14.2 Å². The van der Waals surface area contributed by atoms with Crippen molar-refractivity contribution in [2.75, 3.05) is 41.0 Å². The lowest BCUT2D eigenvalue weighted by atomic mass is 10.0. The molecule has 1 aromatic carbocycles. The Balaban J connectivity index is 2.00. The van der Waals surface area contributed by atoms with Gasteiger partial charge < -0.3 is 14.2 Å². The molecule has 2 aromatic heterocycles. The van der Waals surface area contributed by atoms with Gasteiger partial charge in [0, 0.05) is 6.42 Å². The third-order valence-corrected chi connectivity index (χ3v) is 6.85. The summed E-state index contributed by atoms with van der Waals surface area (Å²) in [6.07, 6.45) is 3.06. The van der Waals surface area contributed by atoms with Gasteiger partial charge in [-0.15, -0.1) is 0 Å². The van der Waals surface area contributed by atoms with Crippen molar-refractivity contribution in [3.8, 4) is 22.8 Å². The van der Waals surface area contributed by atoms with E-state index in [1.165, 1.54) is 5.69 Å². The van der Waals surface area contributed by atoms with Crippen LogP contribution in [-0.4, -0.2) is 56.7 Å². The predicted octanol–water partition coefficient (Wildman–Crippen LogP) is 5.03. The maximum atomic E-state index is 5.82. The molecule has 2 atom stereocenters. The first-order chi connectivity index (χ1) is 15.5. The number of ether oxygens (including phenoxy) is 3. The number of rotatable bonds is 8. The molecule has 0 amide bonds. The molecule has 6 heteroatoms. The van der Waals surface area contributed by atoms with E-state index in [9.17, 15) is 0 Å². The zero-order valence-corrected chi connectivity index (χ0v) is 20.3. The second-order valence-corrected chi connectivity index (χ2v) is 8.91. The highest BCUT2D eigenvalue weighted by Crippen LogP contribution is 2.42. The number of nitrogens with zero attached hydrogens (tertiary/aromatic N) is 3. The lowest BCUT2D eigenvalue weighted by molar-refractivity contribution is 0.160. The normalized spacial score (nSPS) is 18.1. The van der Waals surface area contributed by atoms with Gasteiger partial charge in [-0.2, -0.15) is 5.10 Å². The van der Waals surface area contributed by atoms with Crippen LogP contribution in [0.25, 0.3) is 16.8 Å². The van der Waals surface area contributed by atoms with Crippen molar-refractivity contribution >= 4 is 11.2 Å². The summed E-state index contributed by atoms with van der Waals surface area (Å²) in [6.45, 7) is 9.20. The highest BCUT2D eigenvalue weighted by atomic mass is 16.5. The molecule has 4 rings (SSSR count). The number of pyridine rings is 1. The van der Waals surface area contributed by atoms with E-state index in [0.717, 1.165) is 83.0 Å². The van der Waals surface area contributed by atoms with E-state index >= 15 is 0 Å². The third-order valence-electron chi connectivity index (χ3n) is 6.85. The van der Waals surface area contributed by atoms with Gasteiger partial charge >= 0.3 is 0 Å². The number of likely N-dealkylation sites (N-methyl/N-ethyl adjacent to an activating group) is 1. The topological polar surface area (TPSA) is 45.0 Å². The lowest BCUT2D eigenvalue weighted by Crippen LogP contribution is -2.54. The van der Waals surface area contributed by atoms with Crippen LogP contribution in [0.15, 0.2) is 30.3 Å². The monoisotopic (exact) mass is 438 g/mol. The van der Waals surface area contributed by atoms with Crippen LogP contribution in [0.1, 0.15) is 37.9 Å². The van der Waals surface area contributed by atoms with Gasteiger partial charge in [-0.25, -0.2) is 4.52 Å². The molecular formula is C26H36N3O3+. The molecule has 0 N–H and O–H groups in total. The molecule has 172 valence electrons. The first-order valence-corrected chi connectivity index (χ1v) is 11.7. The number of hydrogen-bond donors (Lipinski definition) is 0. The van der Waals surface area contributed by atoms with E-state index < -0.39 is 0 Å². The molecule has 0 spiro atoms. The molecule has 2 unspecified atom stereocenters. The smallest absolute Gasteiger partial charge is 0.182 e. The Morgan fingerprint density at radius 1 is 1.16 bits per heavy atom. The molecule has 3 heterocycles. The van der Waals surface area contributed by atoms with Crippen LogP contribution >= 0.6 is 0 Å². The molecule has 0 aliphatic carbocycles. The Labute approximate surface area is 191 Å². The number of hydrogen-bond acceptors (Lipinski definition) is 4. The van der Waals surface area contributed by atoms with Crippen LogP contribution in [0, 0.1) is 6.92 Å². The quantitative estimate of drug-likeness (QED) is 0.463. The third kappa shape index (κ3) is 3.65. The number of benzene rings is 1. The van der Waals surface area contributed by atoms with Crippen LogP contribution in [0.2, 0.25) is 0 Å². The molecule has 1 saturated heterocycles. The fraction of sp³-hybridized carbons (Fsp3) is 0.500. The lowest BCUT2D eigenvalue weighted by Gasteiger charge is -2.38. The first kappa shape index (κ1) is 22.6. The summed E-state index contributed by atoms with van der Waals surface area (Å²) in [5.74, 6) is 1.58. The molecule has 0 bridgehead atoms. The minimum Gasteiger partial charge on any atom is -0.496 e. The van der Waals surface area contributed by atoms with Gasteiger partial charge in [0.1, 0.15) is 28.8 Å². The Kier molecular flexibility index (Phi) is 6.45. The molecule has 1 aliphatic rings. The largest absolute Gasteiger partial charge is 0.496 e. The summed E-state index contributed by atoms with van der Waals surface area (Å²) in [4.78, 5) is 0. The van der Waals surface area contributed by atoms with Crippen molar-refractivity contribution in [3.05, 3.63) is 41.6 Å². The maximum absolute atomic E-state index is 5.82. The minimum atomic E-state index is 0.445. The van der Waals surface area contributed by atoms with Gasteiger partial charge in [0.15, 0.2) is 5.69 Å². The van der Waals surface area contributed by atoms with Crippen molar-refractivity contribution in [2.45, 2.75) is 46.1 Å². The van der Waals surface area contributed by atoms with E-state index in [4.69, 9.17) is 19.3 Å². The second-order valence-electron chi connectivity index (χ2n) is 8.91. The standard InChI is InChI=1S/C26H36N3O3/c1-7-13-29(4,19-12-14-32-17-19)26-20(8-2)27-28-21(10-9-11-22(26)28)25-23(30-5)15-18(3)16-24(25)31-6/h9-11,15-16,19H,7-8,12-14,17H2,1-6H3/q+1. The first-order valence-electron chi connectivity index (χ1n) is 11.7. The van der Waals surface area contributed by atoms with E-state index in [0.29, 0.717) is 6.04 Å². The van der Waals surface area contributed by atoms with Crippen molar-refractivity contribution in [1.29, 1.82) is 0 Å². The minimum absolute atomic E-state index is 0.445. The van der Waals surface area contributed by atoms with Crippen LogP contribution < -0.4 is 14.0 Å². The maximum Gasteiger partial charge on any atom is 0.182 e. The highest BCUT2D eigenvalue weighted by molar-refractivity contribution is 5.82. The molecule has 0 saturated carbocycles. The van der Waals surface area contributed by atoms with Crippen molar-refractivity contribution in [3.63, 3.8) is 0 Å². The molecule has 1 aliphatic heterocycles. The van der Waals surface area contributed by atoms with E-state index in [2.05, 4.69) is 55.7 Å². The average molecular weight is 439 g/mol. The van der Waals surface area contributed by atoms with Gasteiger partial charge in [0.2, 0.25) is 0 Å².